The van der Waals surface area contributed by atoms with Crippen molar-refractivity contribution in [2.24, 2.45) is 23.7 Å². The molecule has 4 saturated carbocycles. The lowest BCUT2D eigenvalue weighted by atomic mass is 9.51. The number of aromatic nitrogens is 2. The molecule has 0 spiro atoms. The summed E-state index contributed by atoms with van der Waals surface area (Å²) >= 11 is 0. The minimum Gasteiger partial charge on any atom is -0.315 e. The molecule has 1 aromatic heterocycles. The van der Waals surface area contributed by atoms with Crippen LogP contribution in [-0.4, -0.2) is 17.0 Å². The molecule has 0 aromatic carbocycles. The first-order valence-corrected chi connectivity index (χ1v) is 7.97. The number of hydrogen-bond donors (Lipinski definition) is 2. The van der Waals surface area contributed by atoms with Gasteiger partial charge in [-0.3, -0.25) is 4.79 Å². The summed E-state index contributed by atoms with van der Waals surface area (Å²) in [5.74, 6) is 4.94. The number of H-pyrrole nitrogens is 1. The van der Waals surface area contributed by atoms with E-state index in [-0.39, 0.29) is 5.56 Å². The molecule has 5 rings (SSSR count). The van der Waals surface area contributed by atoms with Crippen molar-refractivity contribution in [3.05, 3.63) is 27.9 Å². The smallest absolute Gasteiger partial charge is 0.255 e. The average Bonchev–Trinajstić information content (AvgIpc) is 2.40. The molecule has 0 amide bonds. The van der Waals surface area contributed by atoms with Crippen LogP contribution >= 0.6 is 0 Å². The summed E-state index contributed by atoms with van der Waals surface area (Å²) in [6.07, 6.45) is 8.68. The lowest BCUT2D eigenvalue weighted by Crippen LogP contribution is -2.44. The highest BCUT2D eigenvalue weighted by Gasteiger charge is 2.49. The molecule has 4 heteroatoms. The Kier molecular flexibility index (Phi) is 2.95. The van der Waals surface area contributed by atoms with Gasteiger partial charge < -0.3 is 10.3 Å². The van der Waals surface area contributed by atoms with E-state index in [0.717, 1.165) is 35.1 Å². The second-order valence-electron chi connectivity index (χ2n) is 7.11. The second kappa shape index (κ2) is 4.69. The topological polar surface area (TPSA) is 57.8 Å². The van der Waals surface area contributed by atoms with Crippen LogP contribution in [-0.2, 0) is 6.54 Å². The quantitative estimate of drug-likeness (QED) is 0.886. The van der Waals surface area contributed by atoms with Gasteiger partial charge in [-0.1, -0.05) is 0 Å². The van der Waals surface area contributed by atoms with E-state index in [9.17, 15) is 4.79 Å². The number of hydrogen-bond acceptors (Lipinski definition) is 3. The van der Waals surface area contributed by atoms with Crippen molar-refractivity contribution in [3.63, 3.8) is 0 Å². The molecular weight excluding hydrogens is 250 g/mol. The van der Waals surface area contributed by atoms with Gasteiger partial charge in [-0.2, -0.15) is 0 Å². The SMILES string of the molecule is CNCc1cnc(C2C3CC4CC(C3)CC2C4)[nH]c1=O. The van der Waals surface area contributed by atoms with Crippen LogP contribution < -0.4 is 10.9 Å². The lowest BCUT2D eigenvalue weighted by Gasteiger charge is -2.54. The van der Waals surface area contributed by atoms with E-state index >= 15 is 0 Å². The van der Waals surface area contributed by atoms with Crippen molar-refractivity contribution in [2.75, 3.05) is 7.05 Å². The maximum atomic E-state index is 12.1. The highest BCUT2D eigenvalue weighted by atomic mass is 16.1. The summed E-state index contributed by atoms with van der Waals surface area (Å²) in [7, 11) is 1.85. The number of nitrogens with zero attached hydrogens (tertiary/aromatic N) is 1. The Bertz CT molecular complexity index is 537. The summed E-state index contributed by atoms with van der Waals surface area (Å²) in [4.78, 5) is 19.8. The van der Waals surface area contributed by atoms with Gasteiger partial charge in [-0.05, 0) is 62.8 Å². The molecule has 0 aliphatic heterocycles. The molecule has 1 heterocycles. The van der Waals surface area contributed by atoms with Crippen LogP contribution in [0.5, 0.6) is 0 Å². The Morgan fingerprint density at radius 3 is 2.40 bits per heavy atom. The zero-order valence-corrected chi connectivity index (χ0v) is 12.1. The molecule has 0 atom stereocenters. The Hall–Kier alpha value is -1.16. The molecule has 0 unspecified atom stereocenters. The van der Waals surface area contributed by atoms with Gasteiger partial charge in [-0.15, -0.1) is 0 Å². The zero-order chi connectivity index (χ0) is 13.7. The molecule has 1 aromatic rings. The van der Waals surface area contributed by atoms with Gasteiger partial charge in [-0.25, -0.2) is 4.98 Å². The molecule has 4 nitrogen and oxygen atoms in total. The molecule has 0 radical (unpaired) electrons. The first-order valence-electron chi connectivity index (χ1n) is 7.97. The van der Waals surface area contributed by atoms with E-state index in [2.05, 4.69) is 15.3 Å². The Morgan fingerprint density at radius 2 is 1.85 bits per heavy atom. The number of rotatable bonds is 3. The third-order valence-electron chi connectivity index (χ3n) is 5.80. The summed E-state index contributed by atoms with van der Waals surface area (Å²) in [5.41, 5.74) is 0.776. The first kappa shape index (κ1) is 12.6. The molecule has 108 valence electrons. The lowest BCUT2D eigenvalue weighted by molar-refractivity contribution is -0.00575. The van der Waals surface area contributed by atoms with Crippen LogP contribution in [0.25, 0.3) is 0 Å². The predicted octanol–water partition coefficient (Wildman–Crippen LogP) is 2.03. The second-order valence-corrected chi connectivity index (χ2v) is 7.11. The Labute approximate surface area is 119 Å². The molecule has 20 heavy (non-hydrogen) atoms. The predicted molar refractivity (Wildman–Crippen MR) is 77.4 cm³/mol. The van der Waals surface area contributed by atoms with E-state index in [4.69, 9.17) is 0 Å². The van der Waals surface area contributed by atoms with Crippen LogP contribution in [0.1, 0.15) is 49.4 Å². The Balaban J connectivity index is 1.64. The van der Waals surface area contributed by atoms with Gasteiger partial charge in [0.25, 0.3) is 5.56 Å². The highest BCUT2D eigenvalue weighted by Crippen LogP contribution is 2.59. The summed E-state index contributed by atoms with van der Waals surface area (Å²) in [6, 6.07) is 0. The number of aromatic amines is 1. The maximum Gasteiger partial charge on any atom is 0.255 e. The molecule has 4 aliphatic rings. The van der Waals surface area contributed by atoms with Gasteiger partial charge in [0.05, 0.1) is 0 Å². The van der Waals surface area contributed by atoms with E-state index in [1.165, 1.54) is 32.1 Å². The van der Waals surface area contributed by atoms with Gasteiger partial charge in [0, 0.05) is 24.2 Å². The molecular formula is C16H23N3O. The molecule has 4 aliphatic carbocycles. The van der Waals surface area contributed by atoms with Gasteiger partial charge in [0.15, 0.2) is 0 Å². The minimum atomic E-state index is 0.0400. The largest absolute Gasteiger partial charge is 0.315 e. The van der Waals surface area contributed by atoms with Crippen molar-refractivity contribution >= 4 is 0 Å². The fraction of sp³-hybridized carbons (Fsp3) is 0.750. The van der Waals surface area contributed by atoms with E-state index in [1.807, 2.05) is 7.05 Å². The van der Waals surface area contributed by atoms with Gasteiger partial charge >= 0.3 is 0 Å². The Morgan fingerprint density at radius 1 is 1.20 bits per heavy atom. The third-order valence-corrected chi connectivity index (χ3v) is 5.80. The van der Waals surface area contributed by atoms with Crippen molar-refractivity contribution < 1.29 is 0 Å². The van der Waals surface area contributed by atoms with Crippen molar-refractivity contribution in [3.8, 4) is 0 Å². The van der Waals surface area contributed by atoms with Crippen LogP contribution in [0, 0.1) is 23.7 Å². The van der Waals surface area contributed by atoms with Crippen molar-refractivity contribution in [2.45, 2.75) is 44.6 Å². The molecule has 4 bridgehead atoms. The summed E-state index contributed by atoms with van der Waals surface area (Å²) in [5, 5.41) is 3.02. The fourth-order valence-corrected chi connectivity index (χ4v) is 5.29. The summed E-state index contributed by atoms with van der Waals surface area (Å²) in [6.45, 7) is 0.588. The highest BCUT2D eigenvalue weighted by molar-refractivity contribution is 5.13. The van der Waals surface area contributed by atoms with E-state index in [0.29, 0.717) is 12.5 Å². The van der Waals surface area contributed by atoms with Crippen molar-refractivity contribution in [1.29, 1.82) is 0 Å². The average molecular weight is 273 g/mol. The molecule has 4 fully saturated rings. The zero-order valence-electron chi connectivity index (χ0n) is 12.1. The minimum absolute atomic E-state index is 0.0400. The monoisotopic (exact) mass is 273 g/mol. The van der Waals surface area contributed by atoms with Gasteiger partial charge in [0.2, 0.25) is 0 Å². The standard InChI is InChI=1S/C16H23N3O/c1-17-7-13-8-18-15(19-16(13)20)14-11-3-9-2-10(5-11)6-12(14)4-9/h8-12,14,17H,2-7H2,1H3,(H,18,19,20). The molecule has 2 N–H and O–H groups in total. The first-order chi connectivity index (χ1) is 9.74. The van der Waals surface area contributed by atoms with Crippen LogP contribution in [0.2, 0.25) is 0 Å². The molecule has 0 saturated heterocycles. The van der Waals surface area contributed by atoms with E-state index in [1.54, 1.807) is 6.20 Å². The van der Waals surface area contributed by atoms with Crippen molar-refractivity contribution in [1.82, 2.24) is 15.3 Å². The van der Waals surface area contributed by atoms with Gasteiger partial charge in [0.1, 0.15) is 5.82 Å². The summed E-state index contributed by atoms with van der Waals surface area (Å²) < 4.78 is 0. The van der Waals surface area contributed by atoms with E-state index < -0.39 is 0 Å². The van der Waals surface area contributed by atoms with Crippen LogP contribution in [0.15, 0.2) is 11.0 Å². The fourth-order valence-electron chi connectivity index (χ4n) is 5.29. The number of nitrogens with one attached hydrogen (secondary N) is 2. The maximum absolute atomic E-state index is 12.1. The van der Waals surface area contributed by atoms with Crippen LogP contribution in [0.3, 0.4) is 0 Å². The third kappa shape index (κ3) is 1.93. The van der Waals surface area contributed by atoms with Crippen LogP contribution in [0.4, 0.5) is 0 Å². The normalized spacial score (nSPS) is 38.4.